The van der Waals surface area contributed by atoms with Crippen LogP contribution in [-0.2, 0) is 9.53 Å². The fourth-order valence-electron chi connectivity index (χ4n) is 3.38. The minimum atomic E-state index is 0.0289. The number of ether oxygens (including phenoxy) is 1. The summed E-state index contributed by atoms with van der Waals surface area (Å²) in [5.41, 5.74) is 1.10. The molecule has 0 bridgehead atoms. The van der Waals surface area contributed by atoms with Gasteiger partial charge in [0.1, 0.15) is 6.61 Å². The summed E-state index contributed by atoms with van der Waals surface area (Å²) in [5, 5.41) is 1.14. The molecule has 0 saturated carbocycles. The van der Waals surface area contributed by atoms with E-state index in [0.717, 1.165) is 26.9 Å². The molecular weight excluding hydrogens is 348 g/mol. The van der Waals surface area contributed by atoms with Gasteiger partial charge in [0, 0.05) is 37.8 Å². The minimum Gasteiger partial charge on any atom is -0.369 e. The number of hydrogen-bond acceptors (Lipinski definition) is 4. The molecule has 3 rings (SSSR count). The summed E-state index contributed by atoms with van der Waals surface area (Å²) in [6, 6.07) is 8.15. The normalized spacial score (nSPS) is 17.3. The molecule has 0 spiro atoms. The first-order valence-electron chi connectivity index (χ1n) is 9.01. The van der Waals surface area contributed by atoms with Gasteiger partial charge in [0.25, 0.3) is 5.91 Å². The smallest absolute Gasteiger partial charge is 0.263 e. The predicted octanol–water partition coefficient (Wildman–Crippen LogP) is 3.34. The lowest BCUT2D eigenvalue weighted by atomic mass is 9.95. The quantitative estimate of drug-likeness (QED) is 0.806. The molecular formula is C20H26N2O3S. The average Bonchev–Trinajstić information content (AvgIpc) is 3.22. The van der Waals surface area contributed by atoms with Crippen LogP contribution in [0.1, 0.15) is 41.4 Å². The fourth-order valence-corrected chi connectivity index (χ4v) is 4.70. The molecule has 5 nitrogen and oxygen atoms in total. The van der Waals surface area contributed by atoms with Gasteiger partial charge in [0.05, 0.1) is 11.0 Å². The van der Waals surface area contributed by atoms with Gasteiger partial charge in [0.15, 0.2) is 0 Å². The highest BCUT2D eigenvalue weighted by atomic mass is 32.1. The van der Waals surface area contributed by atoms with Gasteiger partial charge >= 0.3 is 0 Å². The van der Waals surface area contributed by atoms with Gasteiger partial charge in [-0.1, -0.05) is 18.2 Å². The Balaban J connectivity index is 1.87. The molecule has 2 aromatic rings. The van der Waals surface area contributed by atoms with Crippen LogP contribution in [0.4, 0.5) is 0 Å². The van der Waals surface area contributed by atoms with E-state index in [-0.39, 0.29) is 30.4 Å². The standard InChI is InChI=1S/C20H26N2O3S/c1-13(2)25-12-17(23)22-10-9-14(11-22)18-15-7-5-6-8-16(15)26-19(18)20(24)21(3)4/h5-8,13-14H,9-12H2,1-4H3/t14-/m1/s1. The summed E-state index contributed by atoms with van der Waals surface area (Å²) >= 11 is 1.55. The van der Waals surface area contributed by atoms with Crippen LogP contribution >= 0.6 is 11.3 Å². The third-order valence-corrected chi connectivity index (χ3v) is 5.90. The van der Waals surface area contributed by atoms with Crippen molar-refractivity contribution in [2.75, 3.05) is 33.8 Å². The molecule has 1 fully saturated rings. The Hall–Kier alpha value is -1.92. The number of carbonyl (C=O) groups is 2. The zero-order valence-electron chi connectivity index (χ0n) is 15.8. The first-order valence-corrected chi connectivity index (χ1v) is 9.82. The fraction of sp³-hybridized carbons (Fsp3) is 0.500. The van der Waals surface area contributed by atoms with Crippen molar-refractivity contribution < 1.29 is 14.3 Å². The van der Waals surface area contributed by atoms with Gasteiger partial charge in [-0.3, -0.25) is 9.59 Å². The highest BCUT2D eigenvalue weighted by Gasteiger charge is 2.32. The Labute approximate surface area is 158 Å². The van der Waals surface area contributed by atoms with E-state index in [9.17, 15) is 9.59 Å². The summed E-state index contributed by atoms with van der Waals surface area (Å²) < 4.78 is 6.58. The number of nitrogens with zero attached hydrogens (tertiary/aromatic N) is 2. The number of thiophene rings is 1. The first kappa shape index (κ1) is 18.9. The van der Waals surface area contributed by atoms with Crippen molar-refractivity contribution in [2.45, 2.75) is 32.3 Å². The molecule has 2 heterocycles. The second-order valence-corrected chi connectivity index (χ2v) is 8.28. The van der Waals surface area contributed by atoms with Crippen LogP contribution < -0.4 is 0 Å². The number of likely N-dealkylation sites (tertiary alicyclic amines) is 1. The summed E-state index contributed by atoms with van der Waals surface area (Å²) in [6.07, 6.45) is 0.921. The summed E-state index contributed by atoms with van der Waals surface area (Å²) in [4.78, 5) is 29.4. The van der Waals surface area contributed by atoms with E-state index < -0.39 is 0 Å². The Kier molecular flexibility index (Phi) is 5.63. The highest BCUT2D eigenvalue weighted by Crippen LogP contribution is 2.40. The lowest BCUT2D eigenvalue weighted by Gasteiger charge is -2.18. The molecule has 1 atom stereocenters. The van der Waals surface area contributed by atoms with E-state index in [2.05, 4.69) is 12.1 Å². The summed E-state index contributed by atoms with van der Waals surface area (Å²) in [7, 11) is 3.56. The van der Waals surface area contributed by atoms with E-state index in [0.29, 0.717) is 13.1 Å². The van der Waals surface area contributed by atoms with E-state index >= 15 is 0 Å². The van der Waals surface area contributed by atoms with E-state index in [1.165, 1.54) is 0 Å². The number of fused-ring (bicyclic) bond motifs is 1. The van der Waals surface area contributed by atoms with Crippen molar-refractivity contribution in [3.63, 3.8) is 0 Å². The Morgan fingerprint density at radius 3 is 2.73 bits per heavy atom. The number of amides is 2. The highest BCUT2D eigenvalue weighted by molar-refractivity contribution is 7.21. The molecule has 1 aliphatic heterocycles. The Bertz CT molecular complexity index is 812. The first-order chi connectivity index (χ1) is 12.4. The van der Waals surface area contributed by atoms with Gasteiger partial charge in [-0.2, -0.15) is 0 Å². The number of benzene rings is 1. The van der Waals surface area contributed by atoms with E-state index in [1.54, 1.807) is 30.3 Å². The van der Waals surface area contributed by atoms with Crippen LogP contribution in [0.15, 0.2) is 24.3 Å². The molecule has 1 saturated heterocycles. The molecule has 1 aromatic heterocycles. The molecule has 26 heavy (non-hydrogen) atoms. The number of rotatable bonds is 5. The maximum absolute atomic E-state index is 12.7. The Morgan fingerprint density at radius 1 is 1.31 bits per heavy atom. The van der Waals surface area contributed by atoms with Crippen molar-refractivity contribution >= 4 is 33.2 Å². The van der Waals surface area contributed by atoms with Gasteiger partial charge in [-0.05, 0) is 37.3 Å². The Morgan fingerprint density at radius 2 is 2.04 bits per heavy atom. The molecule has 140 valence electrons. The number of hydrogen-bond donors (Lipinski definition) is 0. The zero-order chi connectivity index (χ0) is 18.8. The van der Waals surface area contributed by atoms with Crippen LogP contribution in [0.5, 0.6) is 0 Å². The van der Waals surface area contributed by atoms with Gasteiger partial charge in [-0.15, -0.1) is 11.3 Å². The van der Waals surface area contributed by atoms with Crippen molar-refractivity contribution in [1.82, 2.24) is 9.80 Å². The van der Waals surface area contributed by atoms with Crippen LogP contribution in [-0.4, -0.2) is 61.5 Å². The van der Waals surface area contributed by atoms with E-state index in [1.807, 2.05) is 30.9 Å². The molecule has 0 aliphatic carbocycles. The monoisotopic (exact) mass is 374 g/mol. The van der Waals surface area contributed by atoms with Gasteiger partial charge in [-0.25, -0.2) is 0 Å². The van der Waals surface area contributed by atoms with Crippen molar-refractivity contribution in [1.29, 1.82) is 0 Å². The van der Waals surface area contributed by atoms with Crippen LogP contribution in [0.2, 0.25) is 0 Å². The van der Waals surface area contributed by atoms with Gasteiger partial charge < -0.3 is 14.5 Å². The van der Waals surface area contributed by atoms with Crippen LogP contribution in [0, 0.1) is 0 Å². The SMILES string of the molecule is CC(C)OCC(=O)N1CC[C@@H](c2c(C(=O)N(C)C)sc3ccccc23)C1. The largest absolute Gasteiger partial charge is 0.369 e. The molecule has 0 unspecified atom stereocenters. The second kappa shape index (κ2) is 7.76. The molecule has 2 amide bonds. The predicted molar refractivity (Wildman–Crippen MR) is 105 cm³/mol. The van der Waals surface area contributed by atoms with Gasteiger partial charge in [0.2, 0.25) is 5.91 Å². The summed E-state index contributed by atoms with van der Waals surface area (Å²) in [6.45, 7) is 5.34. The van der Waals surface area contributed by atoms with Crippen molar-refractivity contribution in [2.24, 2.45) is 0 Å². The molecule has 0 radical (unpaired) electrons. The van der Waals surface area contributed by atoms with Crippen molar-refractivity contribution in [3.8, 4) is 0 Å². The maximum atomic E-state index is 12.7. The van der Waals surface area contributed by atoms with Crippen LogP contribution in [0.3, 0.4) is 0 Å². The van der Waals surface area contributed by atoms with Crippen LogP contribution in [0.25, 0.3) is 10.1 Å². The molecule has 1 aromatic carbocycles. The molecule has 0 N–H and O–H groups in total. The third-order valence-electron chi connectivity index (χ3n) is 4.72. The van der Waals surface area contributed by atoms with Crippen molar-refractivity contribution in [3.05, 3.63) is 34.7 Å². The number of carbonyl (C=O) groups excluding carboxylic acids is 2. The summed E-state index contributed by atoms with van der Waals surface area (Å²) in [5.74, 6) is 0.253. The third kappa shape index (κ3) is 3.76. The zero-order valence-corrected chi connectivity index (χ0v) is 16.6. The maximum Gasteiger partial charge on any atom is 0.263 e. The van der Waals surface area contributed by atoms with E-state index in [4.69, 9.17) is 4.74 Å². The minimum absolute atomic E-state index is 0.0289. The molecule has 1 aliphatic rings. The second-order valence-electron chi connectivity index (χ2n) is 7.23. The average molecular weight is 375 g/mol. The lowest BCUT2D eigenvalue weighted by molar-refractivity contribution is -0.136. The molecule has 6 heteroatoms. The topological polar surface area (TPSA) is 49.9 Å². The lowest BCUT2D eigenvalue weighted by Crippen LogP contribution is -2.32.